The lowest BCUT2D eigenvalue weighted by atomic mass is 9.91. The van der Waals surface area contributed by atoms with Gasteiger partial charge in [-0.2, -0.15) is 0 Å². The molecule has 1 aromatic rings. The van der Waals surface area contributed by atoms with Crippen LogP contribution in [-0.4, -0.2) is 12.6 Å². The van der Waals surface area contributed by atoms with E-state index in [1.165, 1.54) is 44.6 Å². The number of hydrogen-bond donors (Lipinski definition) is 1. The van der Waals surface area contributed by atoms with Gasteiger partial charge in [-0.05, 0) is 61.9 Å². The molecule has 1 fully saturated rings. The molecule has 1 saturated carbocycles. The summed E-state index contributed by atoms with van der Waals surface area (Å²) in [6, 6.07) is 5.92. The molecule has 0 heterocycles. The Morgan fingerprint density at radius 2 is 2.05 bits per heavy atom. The van der Waals surface area contributed by atoms with E-state index in [1.54, 1.807) is 6.07 Å². The zero-order chi connectivity index (χ0) is 14.4. The van der Waals surface area contributed by atoms with Gasteiger partial charge in [0.05, 0.1) is 0 Å². The maximum atomic E-state index is 13.5. The Bertz CT molecular complexity index is 401. The van der Waals surface area contributed by atoms with Crippen LogP contribution in [0.2, 0.25) is 0 Å². The number of hydrogen-bond acceptors (Lipinski definition) is 1. The van der Waals surface area contributed by atoms with E-state index in [0.717, 1.165) is 23.0 Å². The van der Waals surface area contributed by atoms with Gasteiger partial charge in [-0.15, -0.1) is 0 Å². The van der Waals surface area contributed by atoms with Crippen LogP contribution in [0.4, 0.5) is 4.39 Å². The van der Waals surface area contributed by atoms with Crippen molar-refractivity contribution in [1.29, 1.82) is 0 Å². The Labute approximate surface area is 130 Å². The molecule has 2 rings (SSSR count). The maximum Gasteiger partial charge on any atom is 0.124 e. The van der Waals surface area contributed by atoms with Crippen molar-refractivity contribution in [2.75, 3.05) is 6.54 Å². The Morgan fingerprint density at radius 1 is 1.25 bits per heavy atom. The highest BCUT2D eigenvalue weighted by molar-refractivity contribution is 9.10. The highest BCUT2D eigenvalue weighted by atomic mass is 79.9. The number of benzene rings is 1. The van der Waals surface area contributed by atoms with Crippen LogP contribution < -0.4 is 5.32 Å². The summed E-state index contributed by atoms with van der Waals surface area (Å²) < 4.78 is 14.3. The first kappa shape index (κ1) is 16.0. The molecule has 0 aliphatic heterocycles. The first-order valence-corrected chi connectivity index (χ1v) is 8.65. The third-order valence-electron chi connectivity index (χ3n) is 4.16. The standard InChI is InChI=1S/C17H25BrFN/c1-2-7-20-17-6-4-3-5-13(11-17)8-14-9-15(18)12-16(19)10-14/h9-10,12-13,17,20H,2-8,11H2,1H3. The number of nitrogens with one attached hydrogen (secondary N) is 1. The van der Waals surface area contributed by atoms with Gasteiger partial charge < -0.3 is 5.32 Å². The van der Waals surface area contributed by atoms with Crippen molar-refractivity contribution in [1.82, 2.24) is 5.32 Å². The normalized spacial score (nSPS) is 23.6. The van der Waals surface area contributed by atoms with Crippen LogP contribution in [-0.2, 0) is 6.42 Å². The van der Waals surface area contributed by atoms with E-state index in [-0.39, 0.29) is 5.82 Å². The molecule has 1 aromatic carbocycles. The molecule has 2 atom stereocenters. The zero-order valence-corrected chi connectivity index (χ0v) is 13.9. The lowest BCUT2D eigenvalue weighted by molar-refractivity contribution is 0.384. The molecule has 2 unspecified atom stereocenters. The predicted octanol–water partition coefficient (Wildman–Crippen LogP) is 5.08. The molecule has 112 valence electrons. The van der Waals surface area contributed by atoms with Crippen LogP contribution >= 0.6 is 15.9 Å². The fourth-order valence-electron chi connectivity index (χ4n) is 3.24. The van der Waals surface area contributed by atoms with Crippen LogP contribution in [0.15, 0.2) is 22.7 Å². The van der Waals surface area contributed by atoms with Gasteiger partial charge in [0.15, 0.2) is 0 Å². The maximum absolute atomic E-state index is 13.5. The first-order chi connectivity index (χ1) is 9.67. The van der Waals surface area contributed by atoms with Crippen molar-refractivity contribution >= 4 is 15.9 Å². The minimum atomic E-state index is -0.136. The van der Waals surface area contributed by atoms with E-state index < -0.39 is 0 Å². The summed E-state index contributed by atoms with van der Waals surface area (Å²) >= 11 is 3.39. The van der Waals surface area contributed by atoms with E-state index in [0.29, 0.717) is 12.0 Å². The van der Waals surface area contributed by atoms with Crippen molar-refractivity contribution in [3.8, 4) is 0 Å². The monoisotopic (exact) mass is 341 g/mol. The van der Waals surface area contributed by atoms with Crippen LogP contribution in [0, 0.1) is 11.7 Å². The van der Waals surface area contributed by atoms with Gasteiger partial charge >= 0.3 is 0 Å². The van der Waals surface area contributed by atoms with Crippen LogP contribution in [0.25, 0.3) is 0 Å². The van der Waals surface area contributed by atoms with Gasteiger partial charge in [-0.3, -0.25) is 0 Å². The van der Waals surface area contributed by atoms with Gasteiger partial charge in [-0.1, -0.05) is 42.1 Å². The topological polar surface area (TPSA) is 12.0 Å². The summed E-state index contributed by atoms with van der Waals surface area (Å²) in [4.78, 5) is 0. The highest BCUT2D eigenvalue weighted by Crippen LogP contribution is 2.27. The van der Waals surface area contributed by atoms with Gasteiger partial charge in [0.25, 0.3) is 0 Å². The largest absolute Gasteiger partial charge is 0.314 e. The molecule has 0 spiro atoms. The molecule has 0 aromatic heterocycles. The molecule has 0 radical (unpaired) electrons. The first-order valence-electron chi connectivity index (χ1n) is 7.85. The van der Waals surface area contributed by atoms with E-state index in [9.17, 15) is 4.39 Å². The minimum absolute atomic E-state index is 0.136. The molecule has 0 bridgehead atoms. The lowest BCUT2D eigenvalue weighted by Crippen LogP contribution is -2.31. The summed E-state index contributed by atoms with van der Waals surface area (Å²) in [6.07, 6.45) is 8.63. The van der Waals surface area contributed by atoms with E-state index in [2.05, 4.69) is 34.2 Å². The average Bonchev–Trinajstić information content (AvgIpc) is 2.60. The van der Waals surface area contributed by atoms with Crippen molar-refractivity contribution < 1.29 is 4.39 Å². The molecule has 0 amide bonds. The van der Waals surface area contributed by atoms with E-state index >= 15 is 0 Å². The third-order valence-corrected chi connectivity index (χ3v) is 4.62. The SMILES string of the molecule is CCCNC1CCCCC(Cc2cc(F)cc(Br)c2)C1. The minimum Gasteiger partial charge on any atom is -0.314 e. The summed E-state index contributed by atoms with van der Waals surface area (Å²) in [5.74, 6) is 0.546. The lowest BCUT2D eigenvalue weighted by Gasteiger charge is -2.21. The summed E-state index contributed by atoms with van der Waals surface area (Å²) in [7, 11) is 0. The second-order valence-corrected chi connectivity index (χ2v) is 6.93. The molecule has 20 heavy (non-hydrogen) atoms. The van der Waals surface area contributed by atoms with Gasteiger partial charge in [0.2, 0.25) is 0 Å². The quantitative estimate of drug-likeness (QED) is 0.736. The van der Waals surface area contributed by atoms with Crippen molar-refractivity contribution in [2.24, 2.45) is 5.92 Å². The molecule has 0 saturated heterocycles. The molecule has 1 N–H and O–H groups in total. The summed E-state index contributed by atoms with van der Waals surface area (Å²) in [5.41, 5.74) is 1.12. The van der Waals surface area contributed by atoms with E-state index in [4.69, 9.17) is 0 Å². The Balaban J connectivity index is 1.95. The van der Waals surface area contributed by atoms with Crippen LogP contribution in [0.1, 0.15) is 51.0 Å². The third kappa shape index (κ3) is 5.17. The average molecular weight is 342 g/mol. The predicted molar refractivity (Wildman–Crippen MR) is 86.5 cm³/mol. The fourth-order valence-corrected chi connectivity index (χ4v) is 3.76. The zero-order valence-electron chi connectivity index (χ0n) is 12.3. The molecule has 1 aliphatic carbocycles. The van der Waals surface area contributed by atoms with Crippen molar-refractivity contribution in [2.45, 2.75) is 57.9 Å². The van der Waals surface area contributed by atoms with Gasteiger partial charge in [0.1, 0.15) is 5.82 Å². The highest BCUT2D eigenvalue weighted by Gasteiger charge is 2.20. The molecular weight excluding hydrogens is 317 g/mol. The van der Waals surface area contributed by atoms with Crippen molar-refractivity contribution in [3.05, 3.63) is 34.1 Å². The summed E-state index contributed by atoms with van der Waals surface area (Å²) in [6.45, 7) is 3.33. The molecular formula is C17H25BrFN. The molecule has 1 aliphatic rings. The summed E-state index contributed by atoms with van der Waals surface area (Å²) in [5, 5.41) is 3.67. The van der Waals surface area contributed by atoms with Gasteiger partial charge in [0, 0.05) is 10.5 Å². The number of rotatable bonds is 5. The Kier molecular flexibility index (Phi) is 6.50. The van der Waals surface area contributed by atoms with E-state index in [1.807, 2.05) is 0 Å². The molecule has 1 nitrogen and oxygen atoms in total. The van der Waals surface area contributed by atoms with Crippen LogP contribution in [0.5, 0.6) is 0 Å². The molecule has 3 heteroatoms. The van der Waals surface area contributed by atoms with Crippen LogP contribution in [0.3, 0.4) is 0 Å². The second kappa shape index (κ2) is 8.14. The fraction of sp³-hybridized carbons (Fsp3) is 0.647. The Morgan fingerprint density at radius 3 is 2.80 bits per heavy atom. The smallest absolute Gasteiger partial charge is 0.124 e. The Hall–Kier alpha value is -0.410. The van der Waals surface area contributed by atoms with Crippen molar-refractivity contribution in [3.63, 3.8) is 0 Å². The number of halogens is 2. The second-order valence-electron chi connectivity index (χ2n) is 6.02. The van der Waals surface area contributed by atoms with Gasteiger partial charge in [-0.25, -0.2) is 4.39 Å².